The van der Waals surface area contributed by atoms with Gasteiger partial charge in [0.2, 0.25) is 0 Å². The smallest absolute Gasteiger partial charge is 0.390 e. The molecule has 0 fully saturated rings. The molecule has 1 atom stereocenters. The lowest BCUT2D eigenvalue weighted by Gasteiger charge is -2.13. The molecule has 7 nitrogen and oxygen atoms in total. The van der Waals surface area contributed by atoms with Crippen LogP contribution in [-0.4, -0.2) is 45.2 Å². The third kappa shape index (κ3) is 4.46. The average Bonchev–Trinajstić information content (AvgIpc) is 2.51. The third-order valence-corrected chi connectivity index (χ3v) is 2.61. The molecule has 0 aliphatic carbocycles. The Kier molecular flexibility index (Phi) is 5.06. The summed E-state index contributed by atoms with van der Waals surface area (Å²) in [7, 11) is 0. The van der Waals surface area contributed by atoms with Crippen molar-refractivity contribution in [2.45, 2.75) is 32.7 Å². The van der Waals surface area contributed by atoms with Crippen molar-refractivity contribution in [1.82, 2.24) is 15.1 Å². The van der Waals surface area contributed by atoms with Crippen LogP contribution < -0.4 is 5.32 Å². The molecule has 10 heteroatoms. The van der Waals surface area contributed by atoms with Crippen LogP contribution in [0.15, 0.2) is 0 Å². The van der Waals surface area contributed by atoms with Gasteiger partial charge in [0.1, 0.15) is 11.4 Å². The molecular weight excluding hydrogens is 281 g/mol. The van der Waals surface area contributed by atoms with Crippen LogP contribution in [0.4, 0.5) is 18.9 Å². The Balaban J connectivity index is 2.61. The summed E-state index contributed by atoms with van der Waals surface area (Å²) in [6, 6.07) is 0. The monoisotopic (exact) mass is 296 g/mol. The largest absolute Gasteiger partial charge is 0.401 e. The van der Waals surface area contributed by atoms with Gasteiger partial charge in [-0.25, -0.2) is 0 Å². The molecule has 2 N–H and O–H groups in total. The van der Waals surface area contributed by atoms with Gasteiger partial charge in [-0.1, -0.05) is 0 Å². The molecule has 0 saturated carbocycles. The number of nitrogens with zero attached hydrogens (tertiary/aromatic N) is 3. The normalized spacial score (nSPS) is 13.5. The summed E-state index contributed by atoms with van der Waals surface area (Å²) in [4.78, 5) is 10.2. The number of aryl methyl sites for hydroxylation is 1. The zero-order chi connectivity index (χ0) is 15.5. The van der Waals surface area contributed by atoms with Crippen molar-refractivity contribution in [2.75, 3.05) is 13.1 Å². The molecule has 0 saturated heterocycles. The van der Waals surface area contributed by atoms with Gasteiger partial charge in [0.25, 0.3) is 0 Å². The van der Waals surface area contributed by atoms with E-state index in [0.717, 1.165) is 0 Å². The highest BCUT2D eigenvalue weighted by atomic mass is 19.4. The number of nitrogens with one attached hydrogen (secondary N) is 1. The van der Waals surface area contributed by atoms with Crippen LogP contribution in [-0.2, 0) is 6.54 Å². The van der Waals surface area contributed by atoms with Crippen molar-refractivity contribution in [3.05, 3.63) is 21.5 Å². The summed E-state index contributed by atoms with van der Waals surface area (Å²) in [5, 5.41) is 26.3. The van der Waals surface area contributed by atoms with Crippen LogP contribution in [0.3, 0.4) is 0 Å². The molecule has 0 radical (unpaired) electrons. The summed E-state index contributed by atoms with van der Waals surface area (Å²) in [5.74, 6) is 0. The highest BCUT2D eigenvalue weighted by Gasteiger charge is 2.27. The Morgan fingerprint density at radius 2 is 2.10 bits per heavy atom. The molecule has 20 heavy (non-hydrogen) atoms. The Bertz CT molecular complexity index is 487. The summed E-state index contributed by atoms with van der Waals surface area (Å²) in [6.07, 6.45) is -5.48. The first-order valence-corrected chi connectivity index (χ1v) is 5.75. The predicted octanol–water partition coefficient (Wildman–Crippen LogP) is 0.921. The van der Waals surface area contributed by atoms with E-state index in [0.29, 0.717) is 0 Å². The fraction of sp³-hybridized carbons (Fsp3) is 0.700. The lowest BCUT2D eigenvalue weighted by molar-refractivity contribution is -0.386. The molecule has 1 aromatic rings. The van der Waals surface area contributed by atoms with Crippen LogP contribution in [0.1, 0.15) is 11.4 Å². The molecule has 1 heterocycles. The van der Waals surface area contributed by atoms with Crippen LogP contribution in [0.5, 0.6) is 0 Å². The van der Waals surface area contributed by atoms with Gasteiger partial charge in [0.05, 0.1) is 24.1 Å². The van der Waals surface area contributed by atoms with Gasteiger partial charge in [-0.2, -0.15) is 18.3 Å². The zero-order valence-corrected chi connectivity index (χ0v) is 10.9. The predicted molar refractivity (Wildman–Crippen MR) is 63.3 cm³/mol. The van der Waals surface area contributed by atoms with E-state index in [-0.39, 0.29) is 30.2 Å². The molecule has 0 bridgehead atoms. The van der Waals surface area contributed by atoms with E-state index in [4.69, 9.17) is 0 Å². The summed E-state index contributed by atoms with van der Waals surface area (Å²) < 4.78 is 36.9. The fourth-order valence-corrected chi connectivity index (χ4v) is 1.77. The highest BCUT2D eigenvalue weighted by Crippen LogP contribution is 2.21. The van der Waals surface area contributed by atoms with E-state index in [9.17, 15) is 28.4 Å². The summed E-state index contributed by atoms with van der Waals surface area (Å²) >= 11 is 0. The van der Waals surface area contributed by atoms with E-state index in [2.05, 4.69) is 10.4 Å². The second-order valence-electron chi connectivity index (χ2n) is 4.36. The second kappa shape index (κ2) is 6.18. The summed E-state index contributed by atoms with van der Waals surface area (Å²) in [6.45, 7) is 1.31. The lowest BCUT2D eigenvalue weighted by Crippen LogP contribution is -2.36. The van der Waals surface area contributed by atoms with Crippen LogP contribution >= 0.6 is 0 Å². The van der Waals surface area contributed by atoms with Crippen LogP contribution in [0.2, 0.25) is 0 Å². The molecular formula is C10H15F3N4O3. The van der Waals surface area contributed by atoms with E-state index >= 15 is 0 Å². The summed E-state index contributed by atoms with van der Waals surface area (Å²) in [5.41, 5.74) is 0.297. The number of alkyl halides is 3. The number of nitro groups is 1. The maximum atomic E-state index is 11.9. The highest BCUT2D eigenvalue weighted by molar-refractivity contribution is 5.39. The van der Waals surface area contributed by atoms with Crippen molar-refractivity contribution in [3.63, 3.8) is 0 Å². The average molecular weight is 296 g/mol. The number of rotatable bonds is 6. The first-order valence-electron chi connectivity index (χ1n) is 5.75. The van der Waals surface area contributed by atoms with E-state index in [1.54, 1.807) is 0 Å². The van der Waals surface area contributed by atoms with Crippen LogP contribution in [0.25, 0.3) is 0 Å². The molecule has 0 aliphatic rings. The van der Waals surface area contributed by atoms with Crippen molar-refractivity contribution >= 4 is 5.69 Å². The second-order valence-corrected chi connectivity index (χ2v) is 4.36. The number of halogens is 3. The minimum Gasteiger partial charge on any atom is -0.390 e. The fourth-order valence-electron chi connectivity index (χ4n) is 1.77. The number of aliphatic hydroxyl groups is 1. The number of hydrogen-bond donors (Lipinski definition) is 2. The molecule has 1 aromatic heterocycles. The maximum Gasteiger partial charge on any atom is 0.401 e. The number of aromatic nitrogens is 2. The first-order chi connectivity index (χ1) is 9.11. The van der Waals surface area contributed by atoms with Gasteiger partial charge in [-0.3, -0.25) is 14.8 Å². The molecule has 1 rings (SSSR count). The van der Waals surface area contributed by atoms with Crippen molar-refractivity contribution in [2.24, 2.45) is 0 Å². The molecule has 0 spiro atoms. The number of hydrogen-bond acceptors (Lipinski definition) is 5. The molecule has 0 aromatic carbocycles. The standard InChI is InChI=1S/C10H15F3N4O3/c1-6-9(17(19)20)7(2)16(15-6)4-8(18)3-14-5-10(11,12)13/h8,14,18H,3-5H2,1-2H3. The van der Waals surface area contributed by atoms with E-state index in [1.807, 2.05) is 0 Å². The SMILES string of the molecule is Cc1nn(CC(O)CNCC(F)(F)F)c(C)c1[N+](=O)[O-]. The van der Waals surface area contributed by atoms with Gasteiger partial charge in [-0.05, 0) is 13.8 Å². The van der Waals surface area contributed by atoms with Crippen LogP contribution in [0, 0.1) is 24.0 Å². The zero-order valence-electron chi connectivity index (χ0n) is 10.9. The topological polar surface area (TPSA) is 93.2 Å². The van der Waals surface area contributed by atoms with Crippen molar-refractivity contribution in [3.8, 4) is 0 Å². The van der Waals surface area contributed by atoms with Crippen molar-refractivity contribution in [1.29, 1.82) is 0 Å². The molecule has 0 aliphatic heterocycles. The van der Waals surface area contributed by atoms with E-state index in [1.165, 1.54) is 18.5 Å². The Hall–Kier alpha value is -1.68. The quantitative estimate of drug-likeness (QED) is 0.601. The Labute approximate surface area is 112 Å². The number of aliphatic hydroxyl groups excluding tert-OH is 1. The minimum absolute atomic E-state index is 0.120. The maximum absolute atomic E-state index is 11.9. The molecule has 1 unspecified atom stereocenters. The first kappa shape index (κ1) is 16.4. The minimum atomic E-state index is -4.35. The van der Waals surface area contributed by atoms with Gasteiger partial charge < -0.3 is 10.4 Å². The Morgan fingerprint density at radius 3 is 2.55 bits per heavy atom. The van der Waals surface area contributed by atoms with Gasteiger partial charge in [0, 0.05) is 6.54 Å². The van der Waals surface area contributed by atoms with Gasteiger partial charge in [-0.15, -0.1) is 0 Å². The van der Waals surface area contributed by atoms with E-state index < -0.39 is 23.7 Å². The third-order valence-electron chi connectivity index (χ3n) is 2.61. The molecule has 0 amide bonds. The van der Waals surface area contributed by atoms with Crippen molar-refractivity contribution < 1.29 is 23.2 Å². The lowest BCUT2D eigenvalue weighted by atomic mass is 10.3. The molecule has 114 valence electrons. The Morgan fingerprint density at radius 1 is 1.50 bits per heavy atom. The van der Waals surface area contributed by atoms with Gasteiger partial charge >= 0.3 is 11.9 Å². The van der Waals surface area contributed by atoms with Gasteiger partial charge in [0.15, 0.2) is 0 Å².